The summed E-state index contributed by atoms with van der Waals surface area (Å²) in [5, 5.41) is 2.92. The van der Waals surface area contributed by atoms with Crippen molar-refractivity contribution in [1.82, 2.24) is 19.4 Å². The molecule has 0 bridgehead atoms. The van der Waals surface area contributed by atoms with E-state index in [4.69, 9.17) is 9.47 Å². The highest BCUT2D eigenvalue weighted by atomic mass is 16.5. The average molecular weight is 376 g/mol. The molecule has 0 spiro atoms. The number of nitrogens with one attached hydrogen (secondary N) is 1. The van der Waals surface area contributed by atoms with Crippen LogP contribution in [0.3, 0.4) is 0 Å². The van der Waals surface area contributed by atoms with E-state index in [9.17, 15) is 14.4 Å². The quantitative estimate of drug-likeness (QED) is 0.739. The number of aryl methyl sites for hydroxylation is 1. The highest BCUT2D eigenvalue weighted by Crippen LogP contribution is 2.19. The zero-order valence-electron chi connectivity index (χ0n) is 15.6. The first-order valence-electron chi connectivity index (χ1n) is 9.12. The van der Waals surface area contributed by atoms with Gasteiger partial charge in [0.15, 0.2) is 5.65 Å². The summed E-state index contributed by atoms with van der Waals surface area (Å²) in [6.45, 7) is 3.09. The molecule has 0 radical (unpaired) electrons. The number of amides is 1. The highest BCUT2D eigenvalue weighted by Gasteiger charge is 2.20. The third-order valence-corrected chi connectivity index (χ3v) is 4.50. The number of pyridine rings is 1. The lowest BCUT2D eigenvalue weighted by molar-refractivity contribution is -0.122. The summed E-state index contributed by atoms with van der Waals surface area (Å²) in [6, 6.07) is 1.59. The summed E-state index contributed by atoms with van der Waals surface area (Å²) in [5.74, 6) is -0.0556. The molecule has 3 rings (SSSR count). The fourth-order valence-corrected chi connectivity index (χ4v) is 3.09. The maximum Gasteiger partial charge on any atom is 0.332 e. The Balaban J connectivity index is 1.91. The molecular formula is C18H24N4O5. The lowest BCUT2D eigenvalue weighted by Crippen LogP contribution is -2.44. The van der Waals surface area contributed by atoms with Crippen molar-refractivity contribution in [3.63, 3.8) is 0 Å². The average Bonchev–Trinajstić information content (AvgIpc) is 3.19. The van der Waals surface area contributed by atoms with Crippen molar-refractivity contribution < 1.29 is 14.3 Å². The molecule has 2 aromatic rings. The minimum Gasteiger partial charge on any atom is -0.493 e. The molecule has 0 aromatic carbocycles. The van der Waals surface area contributed by atoms with Gasteiger partial charge in [-0.2, -0.15) is 0 Å². The molecule has 9 heteroatoms. The van der Waals surface area contributed by atoms with Crippen LogP contribution in [0.25, 0.3) is 11.0 Å². The molecule has 146 valence electrons. The minimum absolute atomic E-state index is 0.0108. The summed E-state index contributed by atoms with van der Waals surface area (Å²) in [7, 11) is 1.52. The maximum atomic E-state index is 12.9. The van der Waals surface area contributed by atoms with Crippen LogP contribution >= 0.6 is 0 Å². The molecule has 1 atom stereocenters. The van der Waals surface area contributed by atoms with E-state index >= 15 is 0 Å². The Morgan fingerprint density at radius 1 is 1.44 bits per heavy atom. The molecule has 1 fully saturated rings. The maximum absolute atomic E-state index is 12.9. The Kier molecular flexibility index (Phi) is 5.90. The van der Waals surface area contributed by atoms with Gasteiger partial charge in [0.2, 0.25) is 5.91 Å². The highest BCUT2D eigenvalue weighted by molar-refractivity contribution is 5.81. The topological polar surface area (TPSA) is 104 Å². The second-order valence-electron chi connectivity index (χ2n) is 6.53. The van der Waals surface area contributed by atoms with E-state index < -0.39 is 17.2 Å². The zero-order valence-corrected chi connectivity index (χ0v) is 15.6. The molecule has 2 aromatic heterocycles. The third-order valence-electron chi connectivity index (χ3n) is 4.50. The fraction of sp³-hybridized carbons (Fsp3) is 0.556. The van der Waals surface area contributed by atoms with Crippen molar-refractivity contribution in [2.45, 2.75) is 38.8 Å². The Hall–Kier alpha value is -2.68. The van der Waals surface area contributed by atoms with Crippen LogP contribution in [-0.4, -0.2) is 45.9 Å². The Morgan fingerprint density at radius 3 is 2.96 bits per heavy atom. The van der Waals surface area contributed by atoms with Crippen LogP contribution < -0.4 is 21.3 Å². The predicted molar refractivity (Wildman–Crippen MR) is 99.0 cm³/mol. The number of ether oxygens (including phenoxy) is 2. The second kappa shape index (κ2) is 8.34. The van der Waals surface area contributed by atoms with E-state index in [0.717, 1.165) is 23.8 Å². The van der Waals surface area contributed by atoms with Crippen LogP contribution in [0.15, 0.2) is 21.9 Å². The molecule has 0 aliphatic carbocycles. The molecule has 27 heavy (non-hydrogen) atoms. The SMILES string of the molecule is CCCOc1ccnc2c1c(=O)n(CC(=O)NC[C@@H]1CCCO1)c(=O)n2C. The summed E-state index contributed by atoms with van der Waals surface area (Å²) in [6.07, 6.45) is 4.11. The number of hydrogen-bond acceptors (Lipinski definition) is 6. The molecule has 1 N–H and O–H groups in total. The monoisotopic (exact) mass is 376 g/mol. The Morgan fingerprint density at radius 2 is 2.26 bits per heavy atom. The van der Waals surface area contributed by atoms with E-state index in [1.54, 1.807) is 6.07 Å². The largest absolute Gasteiger partial charge is 0.493 e. The van der Waals surface area contributed by atoms with E-state index in [1.165, 1.54) is 17.8 Å². The third kappa shape index (κ3) is 4.02. The van der Waals surface area contributed by atoms with Gasteiger partial charge in [-0.15, -0.1) is 0 Å². The van der Waals surface area contributed by atoms with Gasteiger partial charge in [0.1, 0.15) is 17.7 Å². The zero-order chi connectivity index (χ0) is 19.4. The van der Waals surface area contributed by atoms with Crippen molar-refractivity contribution in [2.24, 2.45) is 7.05 Å². The summed E-state index contributed by atoms with van der Waals surface area (Å²) in [4.78, 5) is 41.9. The van der Waals surface area contributed by atoms with Crippen molar-refractivity contribution in [1.29, 1.82) is 0 Å². The van der Waals surface area contributed by atoms with Crippen molar-refractivity contribution in [3.8, 4) is 5.75 Å². The number of rotatable bonds is 7. The standard InChI is InChI=1S/C18H24N4O5/c1-3-8-27-13-6-7-19-16-15(13)17(24)22(18(25)21(16)2)11-14(23)20-10-12-5-4-9-26-12/h6-7,12H,3-5,8-11H2,1-2H3,(H,20,23)/t12-/m0/s1. The number of carbonyl (C=O) groups excluding carboxylic acids is 1. The summed E-state index contributed by atoms with van der Waals surface area (Å²) in [5.41, 5.74) is -0.950. The second-order valence-corrected chi connectivity index (χ2v) is 6.53. The van der Waals surface area contributed by atoms with Gasteiger partial charge in [-0.25, -0.2) is 14.3 Å². The van der Waals surface area contributed by atoms with Gasteiger partial charge in [-0.05, 0) is 25.3 Å². The van der Waals surface area contributed by atoms with Crippen LogP contribution in [-0.2, 0) is 23.1 Å². The molecule has 1 amide bonds. The Labute approximate surface area is 155 Å². The molecule has 0 saturated carbocycles. The minimum atomic E-state index is -0.597. The van der Waals surface area contributed by atoms with E-state index in [0.29, 0.717) is 25.5 Å². The normalized spacial score (nSPS) is 16.6. The Bertz CT molecular complexity index is 943. The van der Waals surface area contributed by atoms with Gasteiger partial charge < -0.3 is 14.8 Å². The van der Waals surface area contributed by atoms with Crippen molar-refractivity contribution >= 4 is 16.9 Å². The summed E-state index contributed by atoms with van der Waals surface area (Å²) < 4.78 is 13.3. The van der Waals surface area contributed by atoms with Crippen LogP contribution in [0.5, 0.6) is 5.75 Å². The van der Waals surface area contributed by atoms with Crippen molar-refractivity contribution in [3.05, 3.63) is 33.1 Å². The van der Waals surface area contributed by atoms with E-state index in [-0.39, 0.29) is 23.7 Å². The smallest absolute Gasteiger partial charge is 0.332 e. The first-order valence-corrected chi connectivity index (χ1v) is 9.12. The van der Waals surface area contributed by atoms with Crippen LogP contribution in [0.4, 0.5) is 0 Å². The number of aromatic nitrogens is 3. The van der Waals surface area contributed by atoms with Gasteiger partial charge >= 0.3 is 5.69 Å². The lowest BCUT2D eigenvalue weighted by Gasteiger charge is -2.14. The fourth-order valence-electron chi connectivity index (χ4n) is 3.09. The van der Waals surface area contributed by atoms with Crippen LogP contribution in [0, 0.1) is 0 Å². The van der Waals surface area contributed by atoms with Gasteiger partial charge in [-0.3, -0.25) is 14.2 Å². The van der Waals surface area contributed by atoms with Crippen molar-refractivity contribution in [2.75, 3.05) is 19.8 Å². The van der Waals surface area contributed by atoms with Crippen LogP contribution in [0.2, 0.25) is 0 Å². The van der Waals surface area contributed by atoms with Gasteiger partial charge in [-0.1, -0.05) is 6.92 Å². The molecule has 0 unspecified atom stereocenters. The molecule has 9 nitrogen and oxygen atoms in total. The van der Waals surface area contributed by atoms with Gasteiger partial charge in [0.05, 0.1) is 12.7 Å². The van der Waals surface area contributed by atoms with E-state index in [2.05, 4.69) is 10.3 Å². The summed E-state index contributed by atoms with van der Waals surface area (Å²) >= 11 is 0. The molecule has 3 heterocycles. The number of carbonyl (C=O) groups is 1. The van der Waals surface area contributed by atoms with Gasteiger partial charge in [0.25, 0.3) is 5.56 Å². The van der Waals surface area contributed by atoms with Crippen LogP contribution in [0.1, 0.15) is 26.2 Å². The van der Waals surface area contributed by atoms with E-state index in [1.807, 2.05) is 6.92 Å². The first kappa shape index (κ1) is 19.1. The lowest BCUT2D eigenvalue weighted by atomic mass is 10.2. The number of nitrogens with zero attached hydrogens (tertiary/aromatic N) is 3. The first-order chi connectivity index (χ1) is 13.0. The molecule has 1 aliphatic heterocycles. The molecule has 1 saturated heterocycles. The van der Waals surface area contributed by atoms with Gasteiger partial charge in [0, 0.05) is 26.4 Å². The molecular weight excluding hydrogens is 352 g/mol. The number of hydrogen-bond donors (Lipinski definition) is 1. The molecule has 1 aliphatic rings. The number of fused-ring (bicyclic) bond motifs is 1. The predicted octanol–water partition coefficient (Wildman–Crippen LogP) is 0.179.